The number of rotatable bonds is 6. The Morgan fingerprint density at radius 2 is 1.71 bits per heavy atom. The fraction of sp³-hybridized carbons (Fsp3) is 0.500. The number of hydrogen-bond acceptors (Lipinski definition) is 10. The van der Waals surface area contributed by atoms with Crippen molar-refractivity contribution in [2.24, 2.45) is 5.92 Å². The van der Waals surface area contributed by atoms with Gasteiger partial charge in [-0.25, -0.2) is 14.6 Å². The Hall–Kier alpha value is -5.64. The lowest BCUT2D eigenvalue weighted by molar-refractivity contribution is -0.136. The molecule has 16 nitrogen and oxygen atoms in total. The van der Waals surface area contributed by atoms with Gasteiger partial charge in [-0.1, -0.05) is 26.0 Å². The minimum absolute atomic E-state index is 0.0185. The molecule has 56 heavy (non-hydrogen) atoms. The van der Waals surface area contributed by atoms with Crippen molar-refractivity contribution in [3.63, 3.8) is 0 Å². The Bertz CT molecular complexity index is 2060. The van der Waals surface area contributed by atoms with Crippen LogP contribution in [-0.2, 0) is 23.8 Å². The number of aromatic nitrogens is 4. The summed E-state index contributed by atoms with van der Waals surface area (Å²) < 4.78 is 21.9. The fourth-order valence-corrected chi connectivity index (χ4v) is 7.88. The van der Waals surface area contributed by atoms with E-state index in [2.05, 4.69) is 37.9 Å². The lowest BCUT2D eigenvalue weighted by Gasteiger charge is -2.30. The first-order chi connectivity index (χ1) is 27.1. The van der Waals surface area contributed by atoms with Crippen LogP contribution in [0, 0.1) is 5.92 Å². The molecule has 2 aromatic heterocycles. The van der Waals surface area contributed by atoms with Gasteiger partial charge in [0.05, 0.1) is 62.8 Å². The molecule has 16 heteroatoms. The highest BCUT2D eigenvalue weighted by Gasteiger charge is 2.38. The topological polar surface area (TPSA) is 193 Å². The number of benzene rings is 2. The third-order valence-electron chi connectivity index (χ3n) is 10.9. The highest BCUT2D eigenvalue weighted by Crippen LogP contribution is 2.38. The van der Waals surface area contributed by atoms with Crippen LogP contribution in [0.15, 0.2) is 42.6 Å². The predicted molar refractivity (Wildman–Crippen MR) is 206 cm³/mol. The van der Waals surface area contributed by atoms with Crippen LogP contribution in [0.3, 0.4) is 0 Å². The molecule has 0 unspecified atom stereocenters. The summed E-state index contributed by atoms with van der Waals surface area (Å²) in [4.78, 5) is 63.4. The van der Waals surface area contributed by atoms with Crippen LogP contribution in [0.25, 0.3) is 33.3 Å². The molecule has 4 amide bonds. The van der Waals surface area contributed by atoms with E-state index < -0.39 is 24.3 Å². The van der Waals surface area contributed by atoms with Crippen molar-refractivity contribution in [1.29, 1.82) is 0 Å². The summed E-state index contributed by atoms with van der Waals surface area (Å²) >= 11 is 0. The van der Waals surface area contributed by atoms with E-state index in [1.807, 2.05) is 43.0 Å². The lowest BCUT2D eigenvalue weighted by atomic mass is 10.00. The van der Waals surface area contributed by atoms with Crippen LogP contribution in [0.5, 0.6) is 5.75 Å². The number of carbonyl (C=O) groups is 4. The van der Waals surface area contributed by atoms with E-state index in [9.17, 15) is 19.2 Å². The summed E-state index contributed by atoms with van der Waals surface area (Å²) in [5, 5.41) is 15.1. The minimum atomic E-state index is -0.892. The summed E-state index contributed by atoms with van der Waals surface area (Å²) in [5.41, 5.74) is 4.14. The number of likely N-dealkylation sites (tertiary alicyclic amines) is 1. The zero-order chi connectivity index (χ0) is 39.3. The van der Waals surface area contributed by atoms with Gasteiger partial charge in [0.15, 0.2) is 0 Å². The average molecular weight is 771 g/mol. The molecule has 2 saturated heterocycles. The SMILES string of the molecule is COC(=O)N[C@H]1COCCCCOc2cc(cc3ccc(-c4cc([C@H]5CCCN5C(=O)[C@@H](NC(=O)OC)C(C)C)[nH]n4)cc23)-c2cnc([nH]2)[C@@H]2CCCN2C1=O. The van der Waals surface area contributed by atoms with E-state index in [1.165, 1.54) is 14.2 Å². The number of methoxy groups -OCH3 is 2. The smallest absolute Gasteiger partial charge is 0.407 e. The normalized spacial score (nSPS) is 20.9. The van der Waals surface area contributed by atoms with Gasteiger partial charge in [0, 0.05) is 36.2 Å². The number of nitrogens with zero attached hydrogens (tertiary/aromatic N) is 4. The van der Waals surface area contributed by atoms with Gasteiger partial charge in [-0.05, 0) is 74.1 Å². The molecule has 0 aliphatic carbocycles. The van der Waals surface area contributed by atoms with Gasteiger partial charge in [0.1, 0.15) is 23.7 Å². The summed E-state index contributed by atoms with van der Waals surface area (Å²) in [7, 11) is 2.55. The van der Waals surface area contributed by atoms with Gasteiger partial charge in [0.25, 0.3) is 0 Å². The summed E-state index contributed by atoms with van der Waals surface area (Å²) in [5.74, 6) is 0.869. The Morgan fingerprint density at radius 1 is 0.929 bits per heavy atom. The molecule has 4 bridgehead atoms. The number of carbonyl (C=O) groups excluding carboxylic acids is 4. The van der Waals surface area contributed by atoms with Crippen molar-refractivity contribution in [2.45, 2.75) is 76.5 Å². The Labute approximate surface area is 325 Å². The van der Waals surface area contributed by atoms with E-state index in [4.69, 9.17) is 23.9 Å². The molecule has 0 saturated carbocycles. The number of alkyl carbamates (subject to hydrolysis) is 2. The van der Waals surface area contributed by atoms with Crippen molar-refractivity contribution in [3.05, 3.63) is 54.1 Å². The van der Waals surface area contributed by atoms with Crippen molar-refractivity contribution in [3.8, 4) is 28.3 Å². The van der Waals surface area contributed by atoms with Crippen molar-refractivity contribution < 1.29 is 38.1 Å². The number of imidazole rings is 1. The predicted octanol–water partition coefficient (Wildman–Crippen LogP) is 5.24. The van der Waals surface area contributed by atoms with Gasteiger partial charge in [-0.3, -0.25) is 14.7 Å². The molecule has 4 aromatic rings. The van der Waals surface area contributed by atoms with Crippen LogP contribution < -0.4 is 15.4 Å². The minimum Gasteiger partial charge on any atom is -0.493 e. The third-order valence-corrected chi connectivity index (χ3v) is 10.9. The van der Waals surface area contributed by atoms with E-state index in [-0.39, 0.29) is 36.4 Å². The van der Waals surface area contributed by atoms with Gasteiger partial charge in [0.2, 0.25) is 11.8 Å². The number of amides is 4. The second-order valence-corrected chi connectivity index (χ2v) is 14.9. The van der Waals surface area contributed by atoms with Crippen molar-refractivity contribution in [2.75, 3.05) is 47.1 Å². The van der Waals surface area contributed by atoms with E-state index in [0.29, 0.717) is 50.7 Å². The lowest BCUT2D eigenvalue weighted by Crippen LogP contribution is -2.51. The van der Waals surface area contributed by atoms with Crippen molar-refractivity contribution in [1.82, 2.24) is 40.6 Å². The molecular weight excluding hydrogens is 720 g/mol. The second kappa shape index (κ2) is 17.0. The number of nitrogens with one attached hydrogen (secondary N) is 4. The largest absolute Gasteiger partial charge is 0.493 e. The molecule has 298 valence electrons. The monoisotopic (exact) mass is 770 g/mol. The summed E-state index contributed by atoms with van der Waals surface area (Å²) in [6.07, 6.45) is 4.98. The third kappa shape index (κ3) is 8.15. The maximum Gasteiger partial charge on any atom is 0.407 e. The Morgan fingerprint density at radius 3 is 2.52 bits per heavy atom. The number of H-pyrrole nitrogens is 2. The highest BCUT2D eigenvalue weighted by atomic mass is 16.5. The maximum atomic E-state index is 13.7. The molecule has 5 heterocycles. The molecule has 4 atom stereocenters. The molecule has 2 aromatic carbocycles. The van der Waals surface area contributed by atoms with Crippen LogP contribution in [-0.4, -0.2) is 113 Å². The molecule has 7 rings (SSSR count). The van der Waals surface area contributed by atoms with Crippen LogP contribution in [0.2, 0.25) is 0 Å². The maximum absolute atomic E-state index is 13.7. The van der Waals surface area contributed by atoms with Gasteiger partial charge in [-0.2, -0.15) is 5.10 Å². The number of fused-ring (bicyclic) bond motifs is 9. The average Bonchev–Trinajstić information content (AvgIpc) is 4.04. The second-order valence-electron chi connectivity index (χ2n) is 14.9. The highest BCUT2D eigenvalue weighted by molar-refractivity contribution is 5.95. The molecule has 3 aliphatic rings. The molecule has 0 spiro atoms. The first-order valence-electron chi connectivity index (χ1n) is 19.3. The fourth-order valence-electron chi connectivity index (χ4n) is 7.88. The van der Waals surface area contributed by atoms with Gasteiger partial charge in [-0.15, -0.1) is 0 Å². The quantitative estimate of drug-likeness (QED) is 0.202. The zero-order valence-electron chi connectivity index (χ0n) is 32.3. The van der Waals surface area contributed by atoms with Crippen LogP contribution >= 0.6 is 0 Å². The standard InChI is InChI=1S/C40H50N8O8/c1-23(2)35(44-40(52)54-4)38(50)47-13-7-9-32(47)29-20-28(45-46-29)25-12-11-24-17-26-19-34(27(24)18-25)56-16-6-5-15-55-22-31(43-39(51)53-3)37(49)48-14-8-10-33(48)36-41-21-30(26)42-36/h11-12,17-21,23,31-33,35H,5-10,13-16,22H2,1-4H3,(H,41,42)(H,43,51)(H,44,52)(H,45,46)/t31-,32+,33-,35-/m0/s1. The number of hydrogen-bond donors (Lipinski definition) is 4. The summed E-state index contributed by atoms with van der Waals surface area (Å²) in [6.45, 7) is 5.75. The number of aromatic amines is 2. The molecule has 0 radical (unpaired) electrons. The van der Waals surface area contributed by atoms with Gasteiger partial charge >= 0.3 is 12.2 Å². The molecular formula is C40H50N8O8. The first kappa shape index (κ1) is 38.6. The Kier molecular flexibility index (Phi) is 11.7. The summed E-state index contributed by atoms with van der Waals surface area (Å²) in [6, 6.07) is 10.1. The van der Waals surface area contributed by atoms with E-state index in [1.54, 1.807) is 11.1 Å². The van der Waals surface area contributed by atoms with Crippen molar-refractivity contribution >= 4 is 34.8 Å². The first-order valence-corrected chi connectivity index (χ1v) is 19.3. The van der Waals surface area contributed by atoms with E-state index in [0.717, 1.165) is 64.7 Å². The van der Waals surface area contributed by atoms with Crippen LogP contribution in [0.1, 0.15) is 76.0 Å². The van der Waals surface area contributed by atoms with Crippen LogP contribution in [0.4, 0.5) is 9.59 Å². The molecule has 4 N–H and O–H groups in total. The Balaban J connectivity index is 1.16. The van der Waals surface area contributed by atoms with Gasteiger partial charge < -0.3 is 44.4 Å². The molecule has 2 fully saturated rings. The number of ether oxygens (including phenoxy) is 4. The molecule has 3 aliphatic heterocycles. The van der Waals surface area contributed by atoms with E-state index >= 15 is 0 Å². The zero-order valence-corrected chi connectivity index (χ0v) is 32.3.